The summed E-state index contributed by atoms with van der Waals surface area (Å²) >= 11 is 0. The maximum absolute atomic E-state index is 12.8. The number of carbonyl (C=O) groups excluding carboxylic acids is 1. The Balaban J connectivity index is 1.50. The molecule has 0 unspecified atom stereocenters. The van der Waals surface area contributed by atoms with Crippen LogP contribution >= 0.6 is 0 Å². The van der Waals surface area contributed by atoms with Crippen LogP contribution in [0.3, 0.4) is 0 Å². The molecule has 3 nitrogen and oxygen atoms in total. The molecule has 2 atom stereocenters. The second-order valence-corrected chi connectivity index (χ2v) is 6.90. The van der Waals surface area contributed by atoms with Gasteiger partial charge in [-0.15, -0.1) is 0 Å². The lowest BCUT2D eigenvalue weighted by Gasteiger charge is -2.41. The third-order valence-corrected chi connectivity index (χ3v) is 5.23. The molecule has 1 saturated carbocycles. The van der Waals surface area contributed by atoms with E-state index in [9.17, 15) is 4.79 Å². The lowest BCUT2D eigenvalue weighted by atomic mass is 9.78. The normalized spacial score (nSPS) is 23.6. The second-order valence-electron chi connectivity index (χ2n) is 6.90. The molecule has 1 saturated heterocycles. The molecule has 2 heterocycles. The summed E-state index contributed by atoms with van der Waals surface area (Å²) in [7, 11) is 0. The van der Waals surface area contributed by atoms with E-state index in [1.165, 1.54) is 25.7 Å². The Morgan fingerprint density at radius 3 is 2.39 bits per heavy atom. The van der Waals surface area contributed by atoms with Gasteiger partial charge in [0.05, 0.1) is 5.69 Å². The van der Waals surface area contributed by atoms with Gasteiger partial charge in [0.25, 0.3) is 5.91 Å². The third kappa shape index (κ3) is 3.00. The van der Waals surface area contributed by atoms with Gasteiger partial charge in [-0.1, -0.05) is 24.6 Å². The molecule has 118 valence electrons. The van der Waals surface area contributed by atoms with E-state index < -0.39 is 0 Å². The monoisotopic (exact) mass is 306 g/mol. The van der Waals surface area contributed by atoms with E-state index in [1.807, 2.05) is 42.5 Å². The molecule has 0 N–H and O–H groups in total. The number of hydrogen-bond donors (Lipinski definition) is 0. The lowest BCUT2D eigenvalue weighted by Crippen LogP contribution is -2.45. The molecule has 2 aromatic rings. The minimum atomic E-state index is 0.189. The average Bonchev–Trinajstić information content (AvgIpc) is 2.62. The first-order valence-electron chi connectivity index (χ1n) is 8.60. The van der Waals surface area contributed by atoms with Crippen molar-refractivity contribution >= 4 is 5.91 Å². The van der Waals surface area contributed by atoms with Crippen LogP contribution < -0.4 is 0 Å². The van der Waals surface area contributed by atoms with Crippen molar-refractivity contribution in [3.63, 3.8) is 0 Å². The molecule has 1 aromatic carbocycles. The Morgan fingerprint density at radius 2 is 1.74 bits per heavy atom. The van der Waals surface area contributed by atoms with Crippen molar-refractivity contribution in [2.45, 2.75) is 25.7 Å². The number of pyridine rings is 1. The van der Waals surface area contributed by atoms with Crippen LogP contribution in [0, 0.1) is 11.8 Å². The molecule has 1 aliphatic carbocycles. The number of benzene rings is 1. The van der Waals surface area contributed by atoms with Gasteiger partial charge in [-0.05, 0) is 55.4 Å². The van der Waals surface area contributed by atoms with Crippen molar-refractivity contribution in [3.8, 4) is 11.3 Å². The van der Waals surface area contributed by atoms with Gasteiger partial charge >= 0.3 is 0 Å². The Kier molecular flexibility index (Phi) is 3.86. The number of piperidine rings is 1. The molecule has 3 heteroatoms. The number of carbonyl (C=O) groups is 1. The number of nitrogens with zero attached hydrogens (tertiary/aromatic N) is 2. The summed E-state index contributed by atoms with van der Waals surface area (Å²) in [6.07, 6.45) is 7.04. The Hall–Kier alpha value is -2.16. The third-order valence-electron chi connectivity index (χ3n) is 5.23. The fourth-order valence-corrected chi connectivity index (χ4v) is 4.10. The highest BCUT2D eigenvalue weighted by atomic mass is 16.2. The van der Waals surface area contributed by atoms with Crippen molar-refractivity contribution < 1.29 is 4.79 Å². The van der Waals surface area contributed by atoms with Gasteiger partial charge in [0.1, 0.15) is 0 Å². The Bertz CT molecular complexity index is 669. The van der Waals surface area contributed by atoms with E-state index in [4.69, 9.17) is 0 Å². The van der Waals surface area contributed by atoms with Crippen LogP contribution in [0.15, 0.2) is 48.7 Å². The maximum Gasteiger partial charge on any atom is 0.253 e. The Morgan fingerprint density at radius 1 is 1.00 bits per heavy atom. The molecule has 2 bridgehead atoms. The number of amides is 1. The van der Waals surface area contributed by atoms with Crippen LogP contribution in [-0.2, 0) is 0 Å². The van der Waals surface area contributed by atoms with E-state index in [-0.39, 0.29) is 5.91 Å². The van der Waals surface area contributed by atoms with Gasteiger partial charge in [0, 0.05) is 30.4 Å². The maximum atomic E-state index is 12.8. The van der Waals surface area contributed by atoms with Gasteiger partial charge in [0.2, 0.25) is 0 Å². The molecule has 4 rings (SSSR count). The van der Waals surface area contributed by atoms with Crippen molar-refractivity contribution in [1.29, 1.82) is 0 Å². The molecule has 2 aliphatic rings. The zero-order valence-electron chi connectivity index (χ0n) is 13.3. The minimum Gasteiger partial charge on any atom is -0.338 e. The van der Waals surface area contributed by atoms with Crippen LogP contribution in [0.4, 0.5) is 0 Å². The highest BCUT2D eigenvalue weighted by Gasteiger charge is 2.32. The fraction of sp³-hybridized carbons (Fsp3) is 0.400. The topological polar surface area (TPSA) is 33.2 Å². The van der Waals surface area contributed by atoms with E-state index in [0.29, 0.717) is 0 Å². The molecule has 1 aliphatic heterocycles. The Labute approximate surface area is 137 Å². The van der Waals surface area contributed by atoms with Gasteiger partial charge in [-0.3, -0.25) is 9.78 Å². The highest BCUT2D eigenvalue weighted by Crippen LogP contribution is 2.34. The standard InChI is InChI=1S/C20H22N2O/c23-20(22-13-15-4-3-5-16(12-15)14-22)18-9-7-17(8-10-18)19-6-1-2-11-21-19/h1-2,6-11,15-16H,3-5,12-14H2/t15-,16+. The van der Waals surface area contributed by atoms with Crippen molar-refractivity contribution in [1.82, 2.24) is 9.88 Å². The SMILES string of the molecule is O=C(c1ccc(-c2ccccn2)cc1)N1C[C@@H]2CCC[C@@H](C2)C1. The predicted octanol–water partition coefficient (Wildman–Crippen LogP) is 4.01. The largest absolute Gasteiger partial charge is 0.338 e. The summed E-state index contributed by atoms with van der Waals surface area (Å²) in [6, 6.07) is 13.8. The summed E-state index contributed by atoms with van der Waals surface area (Å²) in [6.45, 7) is 1.88. The number of fused-ring (bicyclic) bond motifs is 2. The zero-order chi connectivity index (χ0) is 15.6. The van der Waals surface area contributed by atoms with E-state index >= 15 is 0 Å². The number of hydrogen-bond acceptors (Lipinski definition) is 2. The first kappa shape index (κ1) is 14.4. The number of likely N-dealkylation sites (tertiary alicyclic amines) is 1. The molecule has 23 heavy (non-hydrogen) atoms. The smallest absolute Gasteiger partial charge is 0.253 e. The van der Waals surface area contributed by atoms with E-state index in [0.717, 1.165) is 41.7 Å². The van der Waals surface area contributed by atoms with E-state index in [1.54, 1.807) is 6.20 Å². The van der Waals surface area contributed by atoms with Crippen molar-refractivity contribution in [3.05, 3.63) is 54.2 Å². The molecular formula is C20H22N2O. The number of rotatable bonds is 2. The van der Waals surface area contributed by atoms with Gasteiger partial charge in [-0.2, -0.15) is 0 Å². The molecule has 2 fully saturated rings. The van der Waals surface area contributed by atoms with Gasteiger partial charge in [-0.25, -0.2) is 0 Å². The van der Waals surface area contributed by atoms with E-state index in [2.05, 4.69) is 9.88 Å². The molecule has 1 amide bonds. The first-order chi connectivity index (χ1) is 11.3. The van der Waals surface area contributed by atoms with Crippen molar-refractivity contribution in [2.24, 2.45) is 11.8 Å². The first-order valence-corrected chi connectivity index (χ1v) is 8.60. The molecular weight excluding hydrogens is 284 g/mol. The van der Waals surface area contributed by atoms with Crippen LogP contribution in [0.5, 0.6) is 0 Å². The molecule has 0 spiro atoms. The second kappa shape index (κ2) is 6.15. The van der Waals surface area contributed by atoms with Crippen LogP contribution in [0.2, 0.25) is 0 Å². The van der Waals surface area contributed by atoms with Crippen molar-refractivity contribution in [2.75, 3.05) is 13.1 Å². The van der Waals surface area contributed by atoms with Crippen LogP contribution in [-0.4, -0.2) is 28.9 Å². The zero-order valence-corrected chi connectivity index (χ0v) is 13.3. The molecule has 1 aromatic heterocycles. The lowest BCUT2D eigenvalue weighted by molar-refractivity contribution is 0.0504. The predicted molar refractivity (Wildman–Crippen MR) is 91.0 cm³/mol. The summed E-state index contributed by atoms with van der Waals surface area (Å²) in [5, 5.41) is 0. The number of aromatic nitrogens is 1. The molecule has 0 radical (unpaired) electrons. The van der Waals surface area contributed by atoms with Crippen LogP contribution in [0.25, 0.3) is 11.3 Å². The summed E-state index contributed by atoms with van der Waals surface area (Å²) in [5.74, 6) is 1.63. The van der Waals surface area contributed by atoms with Crippen LogP contribution in [0.1, 0.15) is 36.0 Å². The fourth-order valence-electron chi connectivity index (χ4n) is 4.10. The summed E-state index contributed by atoms with van der Waals surface area (Å²) < 4.78 is 0. The van der Waals surface area contributed by atoms with Gasteiger partial charge in [0.15, 0.2) is 0 Å². The summed E-state index contributed by atoms with van der Waals surface area (Å²) in [5.41, 5.74) is 2.79. The quantitative estimate of drug-likeness (QED) is 0.840. The summed E-state index contributed by atoms with van der Waals surface area (Å²) in [4.78, 5) is 19.2. The highest BCUT2D eigenvalue weighted by molar-refractivity contribution is 5.94. The van der Waals surface area contributed by atoms with Gasteiger partial charge < -0.3 is 4.90 Å². The average molecular weight is 306 g/mol. The minimum absolute atomic E-state index is 0.189.